The zero-order valence-electron chi connectivity index (χ0n) is 9.16. The highest BCUT2D eigenvalue weighted by Gasteiger charge is 2.31. The molecule has 0 aliphatic carbocycles. The molecule has 0 unspecified atom stereocenters. The standard InChI is InChI=1S/C10H10N2O5S/c11-5-4-6-9-7-2-1-3-8(9)16-18(14,15)17-10(6)12(7)13/h1-3,13H,4-5,11H2. The Balaban J connectivity index is 2.44. The molecule has 3 N–H and O–H groups in total. The fourth-order valence-electron chi connectivity index (χ4n) is 2.10. The van der Waals surface area contributed by atoms with Gasteiger partial charge in [-0.05, 0) is 25.1 Å². The average molecular weight is 270 g/mol. The van der Waals surface area contributed by atoms with Gasteiger partial charge in [0.2, 0.25) is 0 Å². The normalized spacial score (nSPS) is 16.3. The fourth-order valence-corrected chi connectivity index (χ4v) is 2.86. The van der Waals surface area contributed by atoms with Gasteiger partial charge in [0.25, 0.3) is 5.88 Å². The van der Waals surface area contributed by atoms with E-state index in [1.807, 2.05) is 0 Å². The SMILES string of the molecule is NCCc1c2n(O)c3cccc(c13)OS(=O)(=O)O2. The van der Waals surface area contributed by atoms with Crippen molar-refractivity contribution in [2.24, 2.45) is 5.73 Å². The molecule has 1 aliphatic rings. The number of benzene rings is 1. The molecule has 0 fully saturated rings. The molecular formula is C10H10N2O5S. The van der Waals surface area contributed by atoms with Crippen molar-refractivity contribution in [2.45, 2.75) is 6.42 Å². The van der Waals surface area contributed by atoms with Gasteiger partial charge in [-0.15, -0.1) is 13.1 Å². The maximum atomic E-state index is 11.5. The second kappa shape index (κ2) is 3.53. The van der Waals surface area contributed by atoms with Crippen LogP contribution in [0.4, 0.5) is 0 Å². The van der Waals surface area contributed by atoms with Crippen LogP contribution in [-0.4, -0.2) is 24.9 Å². The molecule has 1 aromatic carbocycles. The van der Waals surface area contributed by atoms with Gasteiger partial charge in [0.1, 0.15) is 0 Å². The van der Waals surface area contributed by atoms with Crippen LogP contribution in [0, 0.1) is 0 Å². The van der Waals surface area contributed by atoms with Crippen molar-refractivity contribution < 1.29 is 22.0 Å². The minimum absolute atomic E-state index is 0.127. The first-order valence-corrected chi connectivity index (χ1v) is 6.56. The zero-order valence-corrected chi connectivity index (χ0v) is 9.98. The Morgan fingerprint density at radius 1 is 1.33 bits per heavy atom. The monoisotopic (exact) mass is 270 g/mol. The van der Waals surface area contributed by atoms with Crippen molar-refractivity contribution in [1.29, 1.82) is 0 Å². The maximum Gasteiger partial charge on any atom is 0.502 e. The van der Waals surface area contributed by atoms with Crippen molar-refractivity contribution >= 4 is 21.3 Å². The first kappa shape index (κ1) is 11.2. The molecule has 96 valence electrons. The van der Waals surface area contributed by atoms with E-state index in [0.717, 1.165) is 0 Å². The summed E-state index contributed by atoms with van der Waals surface area (Å²) < 4.78 is 33.3. The summed E-state index contributed by atoms with van der Waals surface area (Å²) in [6.07, 6.45) is 0.370. The van der Waals surface area contributed by atoms with Gasteiger partial charge in [-0.2, -0.15) is 0 Å². The van der Waals surface area contributed by atoms with E-state index in [1.54, 1.807) is 12.1 Å². The lowest BCUT2D eigenvalue weighted by Crippen LogP contribution is -2.18. The van der Waals surface area contributed by atoms with Gasteiger partial charge in [0, 0.05) is 5.56 Å². The Morgan fingerprint density at radius 2 is 2.11 bits per heavy atom. The number of nitrogens with two attached hydrogens (primary N) is 1. The van der Waals surface area contributed by atoms with Crippen molar-refractivity contribution in [2.75, 3.05) is 6.54 Å². The Labute approximate surface area is 103 Å². The maximum absolute atomic E-state index is 11.5. The first-order valence-electron chi connectivity index (χ1n) is 5.23. The summed E-state index contributed by atoms with van der Waals surface area (Å²) in [5.74, 6) is -0.0390. The third kappa shape index (κ3) is 1.42. The first-order chi connectivity index (χ1) is 8.53. The number of aromatic nitrogens is 1. The van der Waals surface area contributed by atoms with E-state index in [0.29, 0.717) is 34.2 Å². The van der Waals surface area contributed by atoms with Crippen LogP contribution in [0.1, 0.15) is 5.56 Å². The predicted octanol–water partition coefficient (Wildman–Crippen LogP) is 0.396. The van der Waals surface area contributed by atoms with E-state index in [-0.39, 0.29) is 11.6 Å². The molecule has 8 heteroatoms. The van der Waals surface area contributed by atoms with E-state index in [4.69, 9.17) is 14.1 Å². The molecule has 18 heavy (non-hydrogen) atoms. The summed E-state index contributed by atoms with van der Waals surface area (Å²) in [6.45, 7) is 0.295. The number of hydrogen-bond donors (Lipinski definition) is 2. The summed E-state index contributed by atoms with van der Waals surface area (Å²) in [7, 11) is -4.22. The third-order valence-electron chi connectivity index (χ3n) is 2.75. The molecule has 0 radical (unpaired) electrons. The van der Waals surface area contributed by atoms with Crippen LogP contribution in [0.3, 0.4) is 0 Å². The molecule has 2 aromatic rings. The molecule has 0 atom stereocenters. The minimum atomic E-state index is -4.22. The second-order valence-corrected chi connectivity index (χ2v) is 5.01. The molecule has 0 amide bonds. The Bertz CT molecular complexity index is 734. The largest absolute Gasteiger partial charge is 0.502 e. The Morgan fingerprint density at radius 3 is 2.83 bits per heavy atom. The average Bonchev–Trinajstić information content (AvgIpc) is 2.50. The van der Waals surface area contributed by atoms with Gasteiger partial charge >= 0.3 is 10.4 Å². The van der Waals surface area contributed by atoms with E-state index < -0.39 is 10.4 Å². The van der Waals surface area contributed by atoms with Crippen molar-refractivity contribution in [3.8, 4) is 11.6 Å². The van der Waals surface area contributed by atoms with Gasteiger partial charge < -0.3 is 19.3 Å². The smallest absolute Gasteiger partial charge is 0.425 e. The lowest BCUT2D eigenvalue weighted by atomic mass is 10.1. The van der Waals surface area contributed by atoms with Crippen LogP contribution in [0.15, 0.2) is 18.2 Å². The molecule has 1 aliphatic heterocycles. The summed E-state index contributed by atoms with van der Waals surface area (Å²) >= 11 is 0. The van der Waals surface area contributed by atoms with Crippen LogP contribution in [0.25, 0.3) is 10.9 Å². The summed E-state index contributed by atoms with van der Waals surface area (Å²) in [5, 5.41) is 10.4. The highest BCUT2D eigenvalue weighted by Crippen LogP contribution is 2.40. The number of nitrogens with zero attached hydrogens (tertiary/aromatic N) is 1. The van der Waals surface area contributed by atoms with E-state index in [2.05, 4.69) is 0 Å². The molecule has 2 heterocycles. The van der Waals surface area contributed by atoms with Crippen LogP contribution in [-0.2, 0) is 16.8 Å². The molecule has 3 rings (SSSR count). The van der Waals surface area contributed by atoms with Gasteiger partial charge in [-0.3, -0.25) is 0 Å². The summed E-state index contributed by atoms with van der Waals surface area (Å²) in [4.78, 5) is 0. The Kier molecular flexibility index (Phi) is 2.19. The molecule has 0 saturated carbocycles. The quantitative estimate of drug-likeness (QED) is 0.765. The van der Waals surface area contributed by atoms with Crippen molar-refractivity contribution in [3.63, 3.8) is 0 Å². The van der Waals surface area contributed by atoms with Crippen molar-refractivity contribution in [3.05, 3.63) is 23.8 Å². The fraction of sp³-hybridized carbons (Fsp3) is 0.200. The second-order valence-electron chi connectivity index (χ2n) is 3.86. The highest BCUT2D eigenvalue weighted by molar-refractivity contribution is 7.82. The van der Waals surface area contributed by atoms with Crippen molar-refractivity contribution in [1.82, 2.24) is 4.73 Å². The molecular weight excluding hydrogens is 260 g/mol. The van der Waals surface area contributed by atoms with Gasteiger partial charge in [0.05, 0.1) is 10.9 Å². The van der Waals surface area contributed by atoms with Crippen LogP contribution in [0.2, 0.25) is 0 Å². The van der Waals surface area contributed by atoms with Gasteiger partial charge in [-0.1, -0.05) is 6.07 Å². The molecule has 7 nitrogen and oxygen atoms in total. The number of hydrogen-bond acceptors (Lipinski definition) is 6. The van der Waals surface area contributed by atoms with E-state index in [9.17, 15) is 13.6 Å². The zero-order chi connectivity index (χ0) is 12.9. The highest BCUT2D eigenvalue weighted by atomic mass is 32.3. The van der Waals surface area contributed by atoms with Crippen LogP contribution < -0.4 is 14.1 Å². The summed E-state index contributed by atoms with van der Waals surface area (Å²) in [6, 6.07) is 4.71. The van der Waals surface area contributed by atoms with Crippen LogP contribution in [0.5, 0.6) is 11.6 Å². The summed E-state index contributed by atoms with van der Waals surface area (Å²) in [5.41, 5.74) is 6.42. The van der Waals surface area contributed by atoms with E-state index in [1.165, 1.54) is 6.07 Å². The number of fused-ring (bicyclic) bond motifs is 1. The topological polar surface area (TPSA) is 104 Å². The minimum Gasteiger partial charge on any atom is -0.425 e. The van der Waals surface area contributed by atoms with Crippen LogP contribution >= 0.6 is 0 Å². The third-order valence-corrected chi connectivity index (χ3v) is 3.50. The molecule has 1 aromatic heterocycles. The molecule has 0 spiro atoms. The lowest BCUT2D eigenvalue weighted by molar-refractivity contribution is 0.175. The lowest BCUT2D eigenvalue weighted by Gasteiger charge is -2.09. The van der Waals surface area contributed by atoms with E-state index >= 15 is 0 Å². The number of rotatable bonds is 2. The Hall–Kier alpha value is -1.93. The molecule has 2 bridgehead atoms. The predicted molar refractivity (Wildman–Crippen MR) is 62.1 cm³/mol. The van der Waals surface area contributed by atoms with Gasteiger partial charge in [0.15, 0.2) is 5.75 Å². The van der Waals surface area contributed by atoms with Gasteiger partial charge in [-0.25, -0.2) is 0 Å². The molecule has 0 saturated heterocycles.